The summed E-state index contributed by atoms with van der Waals surface area (Å²) in [6.07, 6.45) is 7.63. The van der Waals surface area contributed by atoms with Crippen molar-refractivity contribution in [3.05, 3.63) is 83.2 Å². The lowest BCUT2D eigenvalue weighted by Gasteiger charge is -2.45. The maximum Gasteiger partial charge on any atom is 0.194 e. The van der Waals surface area contributed by atoms with Gasteiger partial charge in [0.05, 0.1) is 23.8 Å². The first kappa shape index (κ1) is 24.4. The van der Waals surface area contributed by atoms with E-state index in [1.54, 1.807) is 49.0 Å². The van der Waals surface area contributed by atoms with Crippen LogP contribution in [-0.4, -0.2) is 37.5 Å². The quantitative estimate of drug-likeness (QED) is 0.443. The van der Waals surface area contributed by atoms with Gasteiger partial charge >= 0.3 is 0 Å². The van der Waals surface area contributed by atoms with Crippen molar-refractivity contribution < 1.29 is 23.1 Å². The zero-order chi connectivity index (χ0) is 25.3. The Bertz CT molecular complexity index is 1280. The first-order valence-corrected chi connectivity index (χ1v) is 11.3. The van der Waals surface area contributed by atoms with Crippen LogP contribution in [-0.2, 0) is 4.84 Å². The minimum absolute atomic E-state index is 0.0769. The Labute approximate surface area is 202 Å². The molecular weight excluding hydrogens is 457 g/mol. The van der Waals surface area contributed by atoms with E-state index >= 15 is 0 Å². The number of imidazole rings is 1. The van der Waals surface area contributed by atoms with Crippen LogP contribution in [0.3, 0.4) is 0 Å². The summed E-state index contributed by atoms with van der Waals surface area (Å²) in [4.78, 5) is 11.8. The highest BCUT2D eigenvalue weighted by molar-refractivity contribution is 5.97. The van der Waals surface area contributed by atoms with E-state index in [0.29, 0.717) is 23.6 Å². The molecule has 9 heteroatoms. The molecule has 1 aliphatic heterocycles. The number of hydrogen-bond donors (Lipinski definition) is 1. The van der Waals surface area contributed by atoms with Gasteiger partial charge in [0.15, 0.2) is 28.9 Å². The van der Waals surface area contributed by atoms with E-state index in [0.717, 1.165) is 24.2 Å². The number of rotatable bonds is 6. The SMILES string of the molecule is CCCN1C(/C=C/c2ccc(-n3cnc(C)c3)c(O)c2)=NOC(C)(C)[C@@H]1c1cc(F)c(F)c(F)c1. The average molecular weight is 485 g/mol. The smallest absolute Gasteiger partial charge is 0.194 e. The van der Waals surface area contributed by atoms with Crippen molar-refractivity contribution in [3.8, 4) is 11.4 Å². The Balaban J connectivity index is 1.66. The standard InChI is InChI=1S/C26H27F3N4O2/c1-5-10-33-23(9-7-17-6-8-21(22(34)11-17)32-14-16(2)30-15-32)31-35-26(3,4)25(33)18-12-19(27)24(29)20(28)13-18/h6-9,11-15,25,34H,5,10H2,1-4H3/b9-7+/t25-/m0/s1. The largest absolute Gasteiger partial charge is 0.506 e. The average Bonchev–Trinajstić information content (AvgIpc) is 3.22. The van der Waals surface area contributed by atoms with Crippen LogP contribution in [0.15, 0.2) is 54.1 Å². The van der Waals surface area contributed by atoms with Crippen molar-refractivity contribution in [2.24, 2.45) is 5.16 Å². The first-order chi connectivity index (χ1) is 16.6. The fraction of sp³-hybridized carbons (Fsp3) is 0.308. The lowest BCUT2D eigenvalue weighted by molar-refractivity contribution is -0.0851. The van der Waals surface area contributed by atoms with Crippen LogP contribution in [0.25, 0.3) is 11.8 Å². The Kier molecular flexibility index (Phi) is 6.60. The highest BCUT2D eigenvalue weighted by Gasteiger charge is 2.42. The minimum Gasteiger partial charge on any atom is -0.506 e. The number of phenols is 1. The molecule has 0 amide bonds. The van der Waals surface area contributed by atoms with E-state index in [1.807, 2.05) is 31.0 Å². The molecule has 0 saturated carbocycles. The van der Waals surface area contributed by atoms with Gasteiger partial charge in [-0.1, -0.05) is 24.2 Å². The second-order valence-corrected chi connectivity index (χ2v) is 9.04. The van der Waals surface area contributed by atoms with Gasteiger partial charge in [-0.3, -0.25) is 0 Å². The summed E-state index contributed by atoms with van der Waals surface area (Å²) in [5.74, 6) is -3.50. The monoisotopic (exact) mass is 484 g/mol. The van der Waals surface area contributed by atoms with Crippen molar-refractivity contribution in [2.75, 3.05) is 6.54 Å². The number of aryl methyl sites for hydroxylation is 1. The minimum atomic E-state index is -1.51. The van der Waals surface area contributed by atoms with Gasteiger partial charge in [-0.15, -0.1) is 0 Å². The molecule has 0 radical (unpaired) electrons. The van der Waals surface area contributed by atoms with Gasteiger partial charge in [-0.25, -0.2) is 18.2 Å². The summed E-state index contributed by atoms with van der Waals surface area (Å²) >= 11 is 0. The molecule has 1 N–H and O–H groups in total. The van der Waals surface area contributed by atoms with E-state index in [-0.39, 0.29) is 11.3 Å². The molecule has 0 spiro atoms. The summed E-state index contributed by atoms with van der Waals surface area (Å²) < 4.78 is 43.5. The molecule has 1 aromatic heterocycles. The van der Waals surface area contributed by atoms with Crippen molar-refractivity contribution in [1.29, 1.82) is 0 Å². The second-order valence-electron chi connectivity index (χ2n) is 9.04. The topological polar surface area (TPSA) is 62.9 Å². The van der Waals surface area contributed by atoms with Crippen LogP contribution < -0.4 is 0 Å². The molecule has 184 valence electrons. The third kappa shape index (κ3) is 4.89. The second kappa shape index (κ2) is 9.48. The summed E-state index contributed by atoms with van der Waals surface area (Å²) in [5, 5.41) is 14.8. The lowest BCUT2D eigenvalue weighted by atomic mass is 9.89. The van der Waals surface area contributed by atoms with E-state index in [4.69, 9.17) is 4.84 Å². The van der Waals surface area contributed by atoms with Gasteiger partial charge in [0.1, 0.15) is 5.75 Å². The van der Waals surface area contributed by atoms with E-state index in [9.17, 15) is 18.3 Å². The Morgan fingerprint density at radius 3 is 2.43 bits per heavy atom. The number of oxime groups is 1. The number of hydrogen-bond acceptors (Lipinski definition) is 5. The molecule has 0 unspecified atom stereocenters. The number of aromatic hydroxyl groups is 1. The zero-order valence-electron chi connectivity index (χ0n) is 20.0. The normalized spacial score (nSPS) is 17.5. The van der Waals surface area contributed by atoms with Crippen LogP contribution in [0, 0.1) is 24.4 Å². The summed E-state index contributed by atoms with van der Waals surface area (Å²) in [6, 6.07) is 6.60. The molecular formula is C26H27F3N4O2. The number of phenolic OH excluding ortho intramolecular Hbond substituents is 1. The third-order valence-electron chi connectivity index (χ3n) is 5.84. The maximum absolute atomic E-state index is 14.1. The van der Waals surface area contributed by atoms with Crippen LogP contribution in [0.5, 0.6) is 5.75 Å². The highest BCUT2D eigenvalue weighted by Crippen LogP contribution is 2.39. The molecule has 6 nitrogen and oxygen atoms in total. The number of benzene rings is 2. The molecule has 35 heavy (non-hydrogen) atoms. The van der Waals surface area contributed by atoms with Crippen LogP contribution in [0.2, 0.25) is 0 Å². The highest BCUT2D eigenvalue weighted by atomic mass is 19.2. The number of aromatic nitrogens is 2. The van der Waals surface area contributed by atoms with Crippen molar-refractivity contribution >= 4 is 11.9 Å². The lowest BCUT2D eigenvalue weighted by Crippen LogP contribution is -2.50. The van der Waals surface area contributed by atoms with E-state index in [2.05, 4.69) is 10.1 Å². The van der Waals surface area contributed by atoms with Crippen molar-refractivity contribution in [3.63, 3.8) is 0 Å². The molecule has 0 fully saturated rings. The Hall–Kier alpha value is -3.75. The Morgan fingerprint density at radius 2 is 1.83 bits per heavy atom. The first-order valence-electron chi connectivity index (χ1n) is 11.3. The molecule has 2 heterocycles. The predicted octanol–water partition coefficient (Wildman–Crippen LogP) is 5.89. The molecule has 2 aromatic carbocycles. The van der Waals surface area contributed by atoms with Gasteiger partial charge < -0.3 is 19.4 Å². The van der Waals surface area contributed by atoms with Crippen LogP contribution in [0.4, 0.5) is 13.2 Å². The number of halogens is 3. The van der Waals surface area contributed by atoms with Crippen molar-refractivity contribution in [1.82, 2.24) is 14.5 Å². The van der Waals surface area contributed by atoms with Gasteiger partial charge in [-0.05, 0) is 68.7 Å². The summed E-state index contributed by atoms with van der Waals surface area (Å²) in [6.45, 7) is 7.88. The van der Waals surface area contributed by atoms with Gasteiger partial charge in [-0.2, -0.15) is 0 Å². The Morgan fingerprint density at radius 1 is 1.11 bits per heavy atom. The molecule has 4 rings (SSSR count). The molecule has 1 atom stereocenters. The van der Waals surface area contributed by atoms with E-state index in [1.165, 1.54) is 0 Å². The van der Waals surface area contributed by atoms with Crippen LogP contribution >= 0.6 is 0 Å². The predicted molar refractivity (Wildman–Crippen MR) is 128 cm³/mol. The van der Waals surface area contributed by atoms with Crippen LogP contribution in [0.1, 0.15) is 50.1 Å². The molecule has 0 saturated heterocycles. The zero-order valence-corrected chi connectivity index (χ0v) is 20.0. The van der Waals surface area contributed by atoms with Gasteiger partial charge in [0.25, 0.3) is 0 Å². The summed E-state index contributed by atoms with van der Waals surface area (Å²) in [7, 11) is 0. The molecule has 3 aromatic rings. The fourth-order valence-electron chi connectivity index (χ4n) is 4.29. The van der Waals surface area contributed by atoms with Gasteiger partial charge in [0.2, 0.25) is 0 Å². The van der Waals surface area contributed by atoms with Gasteiger partial charge in [0, 0.05) is 12.7 Å². The maximum atomic E-state index is 14.1. The molecule has 0 bridgehead atoms. The summed E-state index contributed by atoms with van der Waals surface area (Å²) in [5.41, 5.74) is 1.45. The van der Waals surface area contributed by atoms with Crippen molar-refractivity contribution in [2.45, 2.75) is 45.8 Å². The van der Waals surface area contributed by atoms with E-state index < -0.39 is 29.1 Å². The molecule has 1 aliphatic rings. The fourth-order valence-corrected chi connectivity index (χ4v) is 4.29. The number of nitrogens with zero attached hydrogens (tertiary/aromatic N) is 4. The molecule has 0 aliphatic carbocycles. The third-order valence-corrected chi connectivity index (χ3v) is 5.84. The number of amidine groups is 1.